The maximum Gasteiger partial charge on any atom is 0.573 e. The van der Waals surface area contributed by atoms with E-state index in [1.165, 1.54) is 12.3 Å². The van der Waals surface area contributed by atoms with Crippen molar-refractivity contribution in [3.8, 4) is 11.5 Å². The van der Waals surface area contributed by atoms with Crippen molar-refractivity contribution in [2.24, 2.45) is 5.10 Å². The first kappa shape index (κ1) is 16.2. The third-order valence-corrected chi connectivity index (χ3v) is 2.92. The van der Waals surface area contributed by atoms with E-state index in [0.717, 1.165) is 6.07 Å². The zero-order valence-electron chi connectivity index (χ0n) is 10.9. The van der Waals surface area contributed by atoms with Gasteiger partial charge in [-0.15, -0.1) is 13.2 Å². The molecule has 0 spiro atoms. The Morgan fingerprint density at radius 2 is 1.86 bits per heavy atom. The molecule has 0 amide bonds. The van der Waals surface area contributed by atoms with Crippen LogP contribution in [0.4, 0.5) is 18.9 Å². The summed E-state index contributed by atoms with van der Waals surface area (Å²) in [5.41, 5.74) is 3.45. The molecule has 8 heteroatoms. The number of phenols is 1. The first-order valence-electron chi connectivity index (χ1n) is 5.97. The highest BCUT2D eigenvalue weighted by Crippen LogP contribution is 2.36. The van der Waals surface area contributed by atoms with Crippen LogP contribution in [0, 0.1) is 0 Å². The highest BCUT2D eigenvalue weighted by atomic mass is 79.9. The molecule has 0 heterocycles. The van der Waals surface area contributed by atoms with E-state index in [2.05, 4.69) is 31.2 Å². The van der Waals surface area contributed by atoms with E-state index in [1.54, 1.807) is 24.3 Å². The van der Waals surface area contributed by atoms with Gasteiger partial charge in [0.15, 0.2) is 11.5 Å². The lowest BCUT2D eigenvalue weighted by Gasteiger charge is -2.12. The number of nitrogens with zero attached hydrogens (tertiary/aromatic N) is 1. The first-order valence-corrected chi connectivity index (χ1v) is 6.77. The van der Waals surface area contributed by atoms with Gasteiger partial charge in [0, 0.05) is 10.0 Å². The summed E-state index contributed by atoms with van der Waals surface area (Å²) in [4.78, 5) is 0. The Kier molecular flexibility index (Phi) is 4.92. The summed E-state index contributed by atoms with van der Waals surface area (Å²) in [7, 11) is 0. The summed E-state index contributed by atoms with van der Waals surface area (Å²) in [5.74, 6) is -1.36. The van der Waals surface area contributed by atoms with Gasteiger partial charge >= 0.3 is 6.36 Å². The predicted molar refractivity (Wildman–Crippen MR) is 80.1 cm³/mol. The molecule has 2 aromatic rings. The number of rotatable bonds is 4. The third kappa shape index (κ3) is 4.66. The van der Waals surface area contributed by atoms with Crippen molar-refractivity contribution in [3.63, 3.8) is 0 Å². The number of benzene rings is 2. The summed E-state index contributed by atoms with van der Waals surface area (Å²) >= 11 is 3.05. The molecule has 0 aliphatic carbocycles. The molecular weight excluding hydrogens is 365 g/mol. The molecular formula is C14H10BrF3N2O2. The number of nitrogens with one attached hydrogen (secondary N) is 1. The smallest absolute Gasteiger partial charge is 0.504 e. The van der Waals surface area contributed by atoms with Gasteiger partial charge in [-0.1, -0.05) is 34.1 Å². The minimum absolute atomic E-state index is 0.0667. The van der Waals surface area contributed by atoms with E-state index in [1.807, 2.05) is 6.07 Å². The Balaban J connectivity index is 2.20. The van der Waals surface area contributed by atoms with Crippen molar-refractivity contribution in [3.05, 3.63) is 52.5 Å². The molecule has 0 saturated carbocycles. The summed E-state index contributed by atoms with van der Waals surface area (Å²) < 4.78 is 40.9. The van der Waals surface area contributed by atoms with Gasteiger partial charge in [0.25, 0.3) is 0 Å². The largest absolute Gasteiger partial charge is 0.573 e. The summed E-state index contributed by atoms with van der Waals surface area (Å²) in [6, 6.07) is 11.4. The minimum Gasteiger partial charge on any atom is -0.504 e. The molecule has 0 unspecified atom stereocenters. The molecule has 0 saturated heterocycles. The van der Waals surface area contributed by atoms with Crippen LogP contribution in [0.3, 0.4) is 0 Å². The van der Waals surface area contributed by atoms with Crippen LogP contribution < -0.4 is 10.2 Å². The van der Waals surface area contributed by atoms with Crippen LogP contribution in [0.15, 0.2) is 52.0 Å². The van der Waals surface area contributed by atoms with E-state index in [-0.39, 0.29) is 5.56 Å². The van der Waals surface area contributed by atoms with E-state index in [0.29, 0.717) is 10.2 Å². The lowest BCUT2D eigenvalue weighted by molar-refractivity contribution is -0.275. The van der Waals surface area contributed by atoms with Crippen molar-refractivity contribution in [2.45, 2.75) is 6.36 Å². The predicted octanol–water partition coefficient (Wildman–Crippen LogP) is 4.50. The van der Waals surface area contributed by atoms with Crippen LogP contribution in [-0.2, 0) is 0 Å². The first-order chi connectivity index (χ1) is 10.3. The number of alkyl halides is 3. The molecule has 2 N–H and O–H groups in total. The normalized spacial score (nSPS) is 11.6. The number of hydrogen-bond donors (Lipinski definition) is 2. The number of phenolic OH excluding ortho intramolecular Hbond substituents is 1. The van der Waals surface area contributed by atoms with E-state index >= 15 is 0 Å². The van der Waals surface area contributed by atoms with Crippen LogP contribution in [-0.4, -0.2) is 17.7 Å². The zero-order valence-corrected chi connectivity index (χ0v) is 12.5. The second-order valence-corrected chi connectivity index (χ2v) is 5.04. The Labute approximate surface area is 132 Å². The van der Waals surface area contributed by atoms with Crippen molar-refractivity contribution in [2.75, 3.05) is 5.43 Å². The van der Waals surface area contributed by atoms with Crippen LogP contribution in [0.2, 0.25) is 0 Å². The molecule has 0 aliphatic rings. The van der Waals surface area contributed by atoms with Crippen molar-refractivity contribution in [1.29, 1.82) is 0 Å². The minimum atomic E-state index is -4.89. The highest BCUT2D eigenvalue weighted by molar-refractivity contribution is 9.10. The fourth-order valence-corrected chi connectivity index (χ4v) is 2.04. The third-order valence-electron chi connectivity index (χ3n) is 2.47. The quantitative estimate of drug-likeness (QED) is 0.611. The molecule has 0 fully saturated rings. The Morgan fingerprint density at radius 1 is 1.18 bits per heavy atom. The summed E-state index contributed by atoms with van der Waals surface area (Å²) in [5, 5.41) is 13.7. The number of hydrogen-bond acceptors (Lipinski definition) is 4. The van der Waals surface area contributed by atoms with Crippen molar-refractivity contribution >= 4 is 27.8 Å². The van der Waals surface area contributed by atoms with Crippen LogP contribution in [0.25, 0.3) is 0 Å². The fraction of sp³-hybridized carbons (Fsp3) is 0.0714. The fourth-order valence-electron chi connectivity index (χ4n) is 1.58. The van der Waals surface area contributed by atoms with Gasteiger partial charge in [-0.3, -0.25) is 5.43 Å². The van der Waals surface area contributed by atoms with Crippen LogP contribution in [0.1, 0.15) is 5.56 Å². The average Bonchev–Trinajstić information content (AvgIpc) is 2.43. The van der Waals surface area contributed by atoms with Gasteiger partial charge < -0.3 is 9.84 Å². The molecule has 116 valence electrons. The van der Waals surface area contributed by atoms with Gasteiger partial charge in [-0.2, -0.15) is 5.10 Å². The Hall–Kier alpha value is -2.22. The lowest BCUT2D eigenvalue weighted by Crippen LogP contribution is -2.17. The number of hydrazone groups is 1. The Morgan fingerprint density at radius 3 is 2.50 bits per heavy atom. The van der Waals surface area contributed by atoms with Gasteiger partial charge in [-0.05, 0) is 24.3 Å². The second-order valence-electron chi connectivity index (χ2n) is 4.13. The van der Waals surface area contributed by atoms with Gasteiger partial charge in [0.2, 0.25) is 0 Å². The zero-order chi connectivity index (χ0) is 16.2. The number of halogens is 4. The van der Waals surface area contributed by atoms with Crippen LogP contribution >= 0.6 is 15.9 Å². The molecule has 4 nitrogen and oxygen atoms in total. The lowest BCUT2D eigenvalue weighted by atomic mass is 10.2. The summed E-state index contributed by atoms with van der Waals surface area (Å²) in [6.07, 6.45) is -3.70. The molecule has 0 bridgehead atoms. The van der Waals surface area contributed by atoms with E-state index < -0.39 is 17.9 Å². The van der Waals surface area contributed by atoms with Crippen molar-refractivity contribution < 1.29 is 23.0 Å². The monoisotopic (exact) mass is 374 g/mol. The van der Waals surface area contributed by atoms with Gasteiger partial charge in [0.05, 0.1) is 11.9 Å². The van der Waals surface area contributed by atoms with E-state index in [9.17, 15) is 18.3 Å². The van der Waals surface area contributed by atoms with E-state index in [4.69, 9.17) is 0 Å². The van der Waals surface area contributed by atoms with Crippen molar-refractivity contribution in [1.82, 2.24) is 0 Å². The molecule has 2 rings (SSSR count). The number of anilines is 1. The maximum atomic E-state index is 12.3. The SMILES string of the molecule is Oc1c(C=NNc2ccccc2)cc(Br)cc1OC(F)(F)F. The molecule has 0 atom stereocenters. The standard InChI is InChI=1S/C14H10BrF3N2O2/c15-10-6-9(8-19-20-11-4-2-1-3-5-11)13(21)12(7-10)22-14(16,17)18/h1-8,20-21H. The van der Waals surface area contributed by atoms with Gasteiger partial charge in [-0.25, -0.2) is 0 Å². The van der Waals surface area contributed by atoms with Gasteiger partial charge in [0.1, 0.15) is 0 Å². The maximum absolute atomic E-state index is 12.3. The number of ether oxygens (including phenoxy) is 1. The average molecular weight is 375 g/mol. The summed E-state index contributed by atoms with van der Waals surface area (Å²) in [6.45, 7) is 0. The topological polar surface area (TPSA) is 53.9 Å². The molecule has 0 aromatic heterocycles. The van der Waals surface area contributed by atoms with Crippen LogP contribution in [0.5, 0.6) is 11.5 Å². The number of para-hydroxylation sites is 1. The second kappa shape index (κ2) is 6.69. The molecule has 22 heavy (non-hydrogen) atoms. The molecule has 0 aliphatic heterocycles. The Bertz CT molecular complexity index is 676. The molecule has 0 radical (unpaired) electrons. The number of aromatic hydroxyl groups is 1. The molecule has 2 aromatic carbocycles. The highest BCUT2D eigenvalue weighted by Gasteiger charge is 2.32.